The summed E-state index contributed by atoms with van der Waals surface area (Å²) in [5.74, 6) is 0.897. The smallest absolute Gasteiger partial charge is 0.253 e. The lowest BCUT2D eigenvalue weighted by Crippen LogP contribution is -2.40. The quantitative estimate of drug-likeness (QED) is 0.692. The van der Waals surface area contributed by atoms with E-state index in [4.69, 9.17) is 9.47 Å². The maximum Gasteiger partial charge on any atom is 0.253 e. The van der Waals surface area contributed by atoms with E-state index in [1.54, 1.807) is 23.6 Å². The number of fused-ring (bicyclic) bond motifs is 1. The van der Waals surface area contributed by atoms with Crippen molar-refractivity contribution in [1.82, 2.24) is 9.62 Å². The number of nitrogens with zero attached hydrogens (tertiary/aromatic N) is 1. The molecule has 0 fully saturated rings. The summed E-state index contributed by atoms with van der Waals surface area (Å²) < 4.78 is 37.0. The molecule has 1 aliphatic rings. The van der Waals surface area contributed by atoms with Crippen LogP contribution in [-0.4, -0.2) is 38.5 Å². The highest BCUT2D eigenvalue weighted by atomic mass is 32.2. The highest BCUT2D eigenvalue weighted by Gasteiger charge is 2.26. The van der Waals surface area contributed by atoms with Crippen molar-refractivity contribution >= 4 is 27.3 Å². The Balaban J connectivity index is 1.62. The van der Waals surface area contributed by atoms with E-state index < -0.39 is 15.9 Å². The molecule has 1 N–H and O–H groups in total. The second-order valence-electron chi connectivity index (χ2n) is 5.48. The number of hydrogen-bond donors (Lipinski definition) is 1. The molecule has 26 heavy (non-hydrogen) atoms. The zero-order valence-corrected chi connectivity index (χ0v) is 15.5. The Morgan fingerprint density at radius 1 is 1.31 bits per heavy atom. The number of rotatable bonds is 8. The molecule has 7 nitrogen and oxygen atoms in total. The van der Waals surface area contributed by atoms with Gasteiger partial charge in [-0.3, -0.25) is 4.79 Å². The van der Waals surface area contributed by atoms with Crippen molar-refractivity contribution in [3.63, 3.8) is 0 Å². The van der Waals surface area contributed by atoms with Gasteiger partial charge in [-0.2, -0.15) is 4.31 Å². The van der Waals surface area contributed by atoms with Gasteiger partial charge in [0, 0.05) is 13.1 Å². The Labute approximate surface area is 155 Å². The fourth-order valence-corrected chi connectivity index (χ4v) is 4.91. The first-order valence-corrected chi connectivity index (χ1v) is 10.1. The first kappa shape index (κ1) is 18.4. The van der Waals surface area contributed by atoms with Gasteiger partial charge in [0.05, 0.1) is 6.54 Å². The van der Waals surface area contributed by atoms with E-state index in [2.05, 4.69) is 11.9 Å². The molecule has 1 amide bonds. The van der Waals surface area contributed by atoms with Crippen molar-refractivity contribution in [2.24, 2.45) is 0 Å². The summed E-state index contributed by atoms with van der Waals surface area (Å²) in [5.41, 5.74) is 0.832. The van der Waals surface area contributed by atoms with Crippen molar-refractivity contribution < 1.29 is 22.7 Å². The number of ether oxygens (including phenoxy) is 2. The average molecular weight is 394 g/mol. The number of carbonyl (C=O) groups excluding carboxylic acids is 1. The number of benzene rings is 1. The van der Waals surface area contributed by atoms with E-state index in [0.717, 1.165) is 21.2 Å². The van der Waals surface area contributed by atoms with Crippen LogP contribution in [0.25, 0.3) is 0 Å². The summed E-state index contributed by atoms with van der Waals surface area (Å²) in [7, 11) is -3.72. The molecular weight excluding hydrogens is 376 g/mol. The minimum atomic E-state index is -3.72. The number of sulfonamides is 1. The zero-order chi connectivity index (χ0) is 18.6. The molecular formula is C17H18N2O5S2. The fourth-order valence-electron chi connectivity index (χ4n) is 2.40. The molecule has 0 atom stereocenters. The van der Waals surface area contributed by atoms with Gasteiger partial charge >= 0.3 is 0 Å². The van der Waals surface area contributed by atoms with Crippen molar-refractivity contribution in [3.8, 4) is 11.5 Å². The van der Waals surface area contributed by atoms with Gasteiger partial charge in [-0.25, -0.2) is 8.42 Å². The summed E-state index contributed by atoms with van der Waals surface area (Å²) >= 11 is 1.11. The van der Waals surface area contributed by atoms with Gasteiger partial charge in [-0.1, -0.05) is 18.2 Å². The maximum absolute atomic E-state index is 12.6. The van der Waals surface area contributed by atoms with Crippen molar-refractivity contribution in [2.45, 2.75) is 10.8 Å². The molecule has 9 heteroatoms. The van der Waals surface area contributed by atoms with E-state index in [0.29, 0.717) is 11.5 Å². The lowest BCUT2D eigenvalue weighted by molar-refractivity contribution is -0.121. The SMILES string of the molecule is C=CCN(CC(=O)NCc1ccc2c(c1)OCO2)S(=O)(=O)c1cccs1. The van der Waals surface area contributed by atoms with Crippen LogP contribution in [0.4, 0.5) is 0 Å². The maximum atomic E-state index is 12.6. The van der Waals surface area contributed by atoms with Crippen LogP contribution in [-0.2, 0) is 21.4 Å². The number of thiophene rings is 1. The van der Waals surface area contributed by atoms with Crippen molar-refractivity contribution in [2.75, 3.05) is 19.9 Å². The number of carbonyl (C=O) groups is 1. The van der Waals surface area contributed by atoms with Gasteiger partial charge in [0.15, 0.2) is 11.5 Å². The highest BCUT2D eigenvalue weighted by Crippen LogP contribution is 2.32. The number of nitrogens with one attached hydrogen (secondary N) is 1. The molecule has 0 saturated heterocycles. The summed E-state index contributed by atoms with van der Waals surface area (Å²) in [6.07, 6.45) is 1.45. The molecule has 0 radical (unpaired) electrons. The molecule has 138 valence electrons. The number of amides is 1. The summed E-state index contributed by atoms with van der Waals surface area (Å²) in [5, 5.41) is 4.40. The molecule has 0 spiro atoms. The number of hydrogen-bond acceptors (Lipinski definition) is 6. The predicted octanol–water partition coefficient (Wildman–Crippen LogP) is 1.97. The van der Waals surface area contributed by atoms with Gasteiger partial charge in [0.2, 0.25) is 12.7 Å². The monoisotopic (exact) mass is 394 g/mol. The zero-order valence-electron chi connectivity index (χ0n) is 13.9. The van der Waals surface area contributed by atoms with Gasteiger partial charge in [-0.05, 0) is 29.1 Å². The lowest BCUT2D eigenvalue weighted by atomic mass is 10.2. The Hall–Kier alpha value is -2.36. The Morgan fingerprint density at radius 2 is 2.12 bits per heavy atom. The van der Waals surface area contributed by atoms with E-state index in [1.165, 1.54) is 12.1 Å². The van der Waals surface area contributed by atoms with Crippen LogP contribution in [0.1, 0.15) is 5.56 Å². The van der Waals surface area contributed by atoms with Gasteiger partial charge in [0.1, 0.15) is 4.21 Å². The Bertz CT molecular complexity index is 894. The largest absolute Gasteiger partial charge is 0.454 e. The van der Waals surface area contributed by atoms with Crippen LogP contribution in [0, 0.1) is 0 Å². The average Bonchev–Trinajstić information content (AvgIpc) is 3.30. The van der Waals surface area contributed by atoms with Crippen LogP contribution in [0.2, 0.25) is 0 Å². The standard InChI is InChI=1S/C17H18N2O5S2/c1-2-7-19(26(21,22)17-4-3-8-25-17)11-16(20)18-10-13-5-6-14-15(9-13)24-12-23-14/h2-6,8-9H,1,7,10-12H2,(H,18,20). The Kier molecular flexibility index (Phi) is 5.60. The van der Waals surface area contributed by atoms with E-state index in [9.17, 15) is 13.2 Å². The normalized spacial score (nSPS) is 13.0. The van der Waals surface area contributed by atoms with Crippen LogP contribution in [0.5, 0.6) is 11.5 Å². The minimum absolute atomic E-state index is 0.0533. The van der Waals surface area contributed by atoms with E-state index >= 15 is 0 Å². The summed E-state index contributed by atoms with van der Waals surface area (Å²) in [6, 6.07) is 8.54. The minimum Gasteiger partial charge on any atom is -0.454 e. The van der Waals surface area contributed by atoms with Crippen LogP contribution >= 0.6 is 11.3 Å². The first-order valence-electron chi connectivity index (χ1n) is 7.80. The van der Waals surface area contributed by atoms with Crippen molar-refractivity contribution in [3.05, 3.63) is 53.9 Å². The molecule has 2 aromatic rings. The van der Waals surface area contributed by atoms with Crippen LogP contribution < -0.4 is 14.8 Å². The molecule has 0 bridgehead atoms. The van der Waals surface area contributed by atoms with Gasteiger partial charge in [-0.15, -0.1) is 17.9 Å². The second kappa shape index (κ2) is 7.90. The van der Waals surface area contributed by atoms with Crippen molar-refractivity contribution in [1.29, 1.82) is 0 Å². The molecule has 1 aromatic heterocycles. The summed E-state index contributed by atoms with van der Waals surface area (Å²) in [4.78, 5) is 12.2. The first-order chi connectivity index (χ1) is 12.5. The molecule has 3 rings (SSSR count). The molecule has 1 aliphatic heterocycles. The van der Waals surface area contributed by atoms with Crippen LogP contribution in [0.3, 0.4) is 0 Å². The highest BCUT2D eigenvalue weighted by molar-refractivity contribution is 7.91. The molecule has 0 saturated carbocycles. The third kappa shape index (κ3) is 4.06. The van der Waals surface area contributed by atoms with Gasteiger partial charge < -0.3 is 14.8 Å². The van der Waals surface area contributed by atoms with Gasteiger partial charge in [0.25, 0.3) is 10.0 Å². The third-order valence-corrected chi connectivity index (χ3v) is 6.85. The van der Waals surface area contributed by atoms with Crippen LogP contribution in [0.15, 0.2) is 52.6 Å². The molecule has 0 aliphatic carbocycles. The Morgan fingerprint density at radius 3 is 2.85 bits per heavy atom. The molecule has 2 heterocycles. The third-order valence-electron chi connectivity index (χ3n) is 3.67. The molecule has 0 unspecified atom stereocenters. The van der Waals surface area contributed by atoms with E-state index in [1.807, 2.05) is 6.07 Å². The predicted molar refractivity (Wildman–Crippen MR) is 97.7 cm³/mol. The second-order valence-corrected chi connectivity index (χ2v) is 8.60. The summed E-state index contributed by atoms with van der Waals surface area (Å²) in [6.45, 7) is 3.78. The topological polar surface area (TPSA) is 84.9 Å². The fraction of sp³-hybridized carbons (Fsp3) is 0.235. The lowest BCUT2D eigenvalue weighted by Gasteiger charge is -2.19. The van der Waals surface area contributed by atoms with E-state index in [-0.39, 0.29) is 30.6 Å². The molecule has 1 aromatic carbocycles.